The fourth-order valence-electron chi connectivity index (χ4n) is 2.72. The minimum absolute atomic E-state index is 0.308. The average molecular weight is 354 g/mol. The van der Waals surface area contributed by atoms with E-state index in [9.17, 15) is 9.90 Å². The highest BCUT2D eigenvalue weighted by molar-refractivity contribution is 5.99. The maximum absolute atomic E-state index is 11.6. The predicted octanol–water partition coefficient (Wildman–Crippen LogP) is 4.58. The molecule has 0 amide bonds. The molecule has 2 heterocycles. The summed E-state index contributed by atoms with van der Waals surface area (Å²) in [6.45, 7) is 7.86. The first-order valence-corrected chi connectivity index (χ1v) is 8.51. The van der Waals surface area contributed by atoms with Gasteiger partial charge in [0.1, 0.15) is 6.61 Å². The molecular formula is C21H22O5. The molecule has 1 aromatic carbocycles. The molecule has 0 aliphatic carbocycles. The van der Waals surface area contributed by atoms with Gasteiger partial charge >= 0.3 is 5.63 Å². The second-order valence-corrected chi connectivity index (χ2v) is 6.48. The maximum atomic E-state index is 11.6. The Morgan fingerprint density at radius 3 is 2.81 bits per heavy atom. The van der Waals surface area contributed by atoms with Gasteiger partial charge in [0.25, 0.3) is 0 Å². The summed E-state index contributed by atoms with van der Waals surface area (Å²) in [5.74, 6) is 0.422. The minimum atomic E-state index is -0.491. The summed E-state index contributed by atoms with van der Waals surface area (Å²) in [6.07, 6.45) is 4.41. The van der Waals surface area contributed by atoms with Gasteiger partial charge in [0.05, 0.1) is 12.4 Å². The molecule has 136 valence electrons. The first-order valence-electron chi connectivity index (χ1n) is 8.51. The van der Waals surface area contributed by atoms with Crippen LogP contribution in [-0.4, -0.2) is 17.8 Å². The first kappa shape index (κ1) is 18.0. The smallest absolute Gasteiger partial charge is 0.336 e. The van der Waals surface area contributed by atoms with Crippen molar-refractivity contribution in [3.8, 4) is 5.75 Å². The molecule has 0 radical (unpaired) electrons. The Labute approximate surface area is 151 Å². The number of ether oxygens (including phenoxy) is 1. The second kappa shape index (κ2) is 7.62. The van der Waals surface area contributed by atoms with Crippen LogP contribution in [0.4, 0.5) is 0 Å². The van der Waals surface area contributed by atoms with Gasteiger partial charge in [0.15, 0.2) is 11.2 Å². The molecule has 0 bridgehead atoms. The van der Waals surface area contributed by atoms with Crippen LogP contribution in [-0.2, 0) is 0 Å². The first-order chi connectivity index (χ1) is 12.5. The molecule has 0 aliphatic rings. The van der Waals surface area contributed by atoms with Crippen molar-refractivity contribution >= 4 is 21.9 Å². The molecule has 0 saturated carbocycles. The Balaban J connectivity index is 1.80. The van der Waals surface area contributed by atoms with Crippen molar-refractivity contribution in [2.45, 2.75) is 32.8 Å². The van der Waals surface area contributed by atoms with E-state index in [0.717, 1.165) is 28.3 Å². The van der Waals surface area contributed by atoms with Crippen molar-refractivity contribution in [2.24, 2.45) is 0 Å². The van der Waals surface area contributed by atoms with Crippen molar-refractivity contribution in [1.82, 2.24) is 0 Å². The van der Waals surface area contributed by atoms with Gasteiger partial charge < -0.3 is 18.7 Å². The van der Waals surface area contributed by atoms with Crippen LogP contribution in [0.1, 0.15) is 26.7 Å². The van der Waals surface area contributed by atoms with Crippen molar-refractivity contribution in [1.29, 1.82) is 0 Å². The summed E-state index contributed by atoms with van der Waals surface area (Å²) < 4.78 is 16.7. The molecule has 0 saturated heterocycles. The van der Waals surface area contributed by atoms with Gasteiger partial charge in [0.2, 0.25) is 5.75 Å². The van der Waals surface area contributed by atoms with Gasteiger partial charge in [-0.25, -0.2) is 4.79 Å². The topological polar surface area (TPSA) is 72.8 Å². The summed E-state index contributed by atoms with van der Waals surface area (Å²) in [7, 11) is 0. The van der Waals surface area contributed by atoms with Crippen LogP contribution < -0.4 is 10.4 Å². The number of hydrogen-bond donors (Lipinski definition) is 1. The third-order valence-electron chi connectivity index (χ3n) is 4.32. The zero-order valence-corrected chi connectivity index (χ0v) is 15.0. The van der Waals surface area contributed by atoms with E-state index in [1.807, 2.05) is 32.1 Å². The van der Waals surface area contributed by atoms with E-state index in [2.05, 4.69) is 6.58 Å². The lowest BCUT2D eigenvalue weighted by Gasteiger charge is -2.10. The van der Waals surface area contributed by atoms with Crippen molar-refractivity contribution in [3.63, 3.8) is 0 Å². The summed E-state index contributed by atoms with van der Waals surface area (Å²) in [5.41, 5.74) is 2.36. The van der Waals surface area contributed by atoms with E-state index in [0.29, 0.717) is 29.9 Å². The van der Waals surface area contributed by atoms with Crippen molar-refractivity contribution < 1.29 is 18.7 Å². The van der Waals surface area contributed by atoms with E-state index in [1.54, 1.807) is 12.3 Å². The highest BCUT2D eigenvalue weighted by atomic mass is 16.5. The molecule has 5 heteroatoms. The monoisotopic (exact) mass is 354 g/mol. The number of allylic oxidation sites excluding steroid dienone is 1. The zero-order chi connectivity index (χ0) is 18.7. The standard InChI is InChI=1S/C21H22O5/c1-13(2)17(22)6-4-14(3)8-10-25-21-19-16(9-11-24-19)12-15-5-7-18(23)26-20(15)21/h5,7-9,11-12,17,22H,1,4,6,10H2,2-3H3. The molecule has 1 unspecified atom stereocenters. The van der Waals surface area contributed by atoms with Gasteiger partial charge in [-0.3, -0.25) is 0 Å². The molecule has 0 aliphatic heterocycles. The number of fused-ring (bicyclic) bond motifs is 2. The van der Waals surface area contributed by atoms with E-state index in [-0.39, 0.29) is 0 Å². The normalized spacial score (nSPS) is 13.3. The van der Waals surface area contributed by atoms with Crippen LogP contribution in [0, 0.1) is 0 Å². The Bertz CT molecular complexity index is 1020. The summed E-state index contributed by atoms with van der Waals surface area (Å²) in [5, 5.41) is 11.5. The third-order valence-corrected chi connectivity index (χ3v) is 4.32. The Morgan fingerprint density at radius 2 is 2.04 bits per heavy atom. The summed E-state index contributed by atoms with van der Waals surface area (Å²) >= 11 is 0. The van der Waals surface area contributed by atoms with Crippen molar-refractivity contribution in [3.05, 3.63) is 64.7 Å². The Kier molecular flexibility index (Phi) is 5.28. The lowest BCUT2D eigenvalue weighted by atomic mass is 10.0. The molecule has 5 nitrogen and oxygen atoms in total. The van der Waals surface area contributed by atoms with E-state index in [1.165, 1.54) is 6.07 Å². The highest BCUT2D eigenvalue weighted by Gasteiger charge is 2.14. The van der Waals surface area contributed by atoms with Crippen LogP contribution in [0.3, 0.4) is 0 Å². The number of benzene rings is 1. The van der Waals surface area contributed by atoms with Gasteiger partial charge in [-0.05, 0) is 51.0 Å². The number of furan rings is 1. The van der Waals surface area contributed by atoms with Crippen LogP contribution in [0.15, 0.2) is 68.0 Å². The summed E-state index contributed by atoms with van der Waals surface area (Å²) in [4.78, 5) is 11.6. The molecule has 1 atom stereocenters. The number of aliphatic hydroxyl groups excluding tert-OH is 1. The Morgan fingerprint density at radius 1 is 1.27 bits per heavy atom. The highest BCUT2D eigenvalue weighted by Crippen LogP contribution is 2.34. The fourth-order valence-corrected chi connectivity index (χ4v) is 2.72. The summed E-state index contributed by atoms with van der Waals surface area (Å²) in [6, 6.07) is 6.83. The zero-order valence-electron chi connectivity index (χ0n) is 15.0. The predicted molar refractivity (Wildman–Crippen MR) is 102 cm³/mol. The van der Waals surface area contributed by atoms with Gasteiger partial charge in [-0.2, -0.15) is 0 Å². The van der Waals surface area contributed by atoms with Crippen molar-refractivity contribution in [2.75, 3.05) is 6.61 Å². The van der Waals surface area contributed by atoms with E-state index in [4.69, 9.17) is 13.6 Å². The molecule has 1 N–H and O–H groups in total. The lowest BCUT2D eigenvalue weighted by molar-refractivity contribution is 0.201. The third kappa shape index (κ3) is 3.89. The number of hydrogen-bond acceptors (Lipinski definition) is 5. The molecule has 26 heavy (non-hydrogen) atoms. The van der Waals surface area contributed by atoms with Crippen LogP contribution in [0.2, 0.25) is 0 Å². The van der Waals surface area contributed by atoms with Gasteiger partial charge in [-0.1, -0.05) is 17.7 Å². The van der Waals surface area contributed by atoms with E-state index < -0.39 is 11.7 Å². The van der Waals surface area contributed by atoms with Crippen LogP contribution in [0.25, 0.3) is 21.9 Å². The Hall–Kier alpha value is -2.79. The molecule has 0 spiro atoms. The lowest BCUT2D eigenvalue weighted by Crippen LogP contribution is -2.07. The maximum Gasteiger partial charge on any atom is 0.336 e. The fraction of sp³-hybridized carbons (Fsp3) is 0.286. The largest absolute Gasteiger partial charge is 0.482 e. The molecule has 3 aromatic rings. The minimum Gasteiger partial charge on any atom is -0.482 e. The quantitative estimate of drug-likeness (QED) is 0.496. The SMILES string of the molecule is C=C(C)C(O)CCC(C)=CCOc1c2occc2cc2ccc(=O)oc12. The molecule has 3 rings (SSSR count). The van der Waals surface area contributed by atoms with Gasteiger partial charge in [0, 0.05) is 16.8 Å². The molecule has 2 aromatic heterocycles. The molecule has 0 fully saturated rings. The number of rotatable bonds is 7. The van der Waals surface area contributed by atoms with Crippen LogP contribution in [0.5, 0.6) is 5.75 Å². The van der Waals surface area contributed by atoms with Crippen LogP contribution >= 0.6 is 0 Å². The van der Waals surface area contributed by atoms with Gasteiger partial charge in [-0.15, -0.1) is 0 Å². The number of aliphatic hydroxyl groups is 1. The average Bonchev–Trinajstić information content (AvgIpc) is 3.07. The van der Waals surface area contributed by atoms with E-state index >= 15 is 0 Å². The molecular weight excluding hydrogens is 332 g/mol. The second-order valence-electron chi connectivity index (χ2n) is 6.48.